The number of carbonyl (C=O) groups is 2. The Morgan fingerprint density at radius 3 is 2.78 bits per heavy atom. The van der Waals surface area contributed by atoms with Crippen LogP contribution in [0.15, 0.2) is 12.3 Å². The topological polar surface area (TPSA) is 88.3 Å². The molecule has 1 N–H and O–H groups in total. The Hall–Kier alpha value is -2.44. The Labute approximate surface area is 133 Å². The molecule has 2 aromatic rings. The predicted molar refractivity (Wildman–Crippen MR) is 84.1 cm³/mol. The van der Waals surface area contributed by atoms with Crippen molar-refractivity contribution in [3.05, 3.63) is 23.5 Å². The van der Waals surface area contributed by atoms with Gasteiger partial charge in [0.25, 0.3) is 5.91 Å². The van der Waals surface area contributed by atoms with Gasteiger partial charge in [0.1, 0.15) is 0 Å². The molecule has 0 spiro atoms. The first kappa shape index (κ1) is 15.5. The zero-order valence-corrected chi connectivity index (χ0v) is 13.5. The normalized spacial score (nSPS) is 21.6. The minimum Gasteiger partial charge on any atom is -0.481 e. The van der Waals surface area contributed by atoms with E-state index in [0.717, 1.165) is 16.7 Å². The number of carboxylic acids is 1. The fourth-order valence-corrected chi connectivity index (χ4v) is 3.18. The zero-order chi connectivity index (χ0) is 16.7. The number of hydrogen-bond donors (Lipinski definition) is 1. The van der Waals surface area contributed by atoms with E-state index in [1.807, 2.05) is 20.9 Å². The maximum absolute atomic E-state index is 12.8. The summed E-state index contributed by atoms with van der Waals surface area (Å²) < 4.78 is 1.68. The molecule has 7 heteroatoms. The SMILES string of the molecule is Cc1nn(C)c2ncc(C(=O)N3CC(C(=O)O)CCC3C)cc12. The fraction of sp³-hybridized carbons (Fsp3) is 0.500. The molecule has 0 aromatic carbocycles. The van der Waals surface area contributed by atoms with Gasteiger partial charge in [0, 0.05) is 31.2 Å². The van der Waals surface area contributed by atoms with Crippen LogP contribution in [0.2, 0.25) is 0 Å². The molecule has 0 aliphatic carbocycles. The molecule has 23 heavy (non-hydrogen) atoms. The summed E-state index contributed by atoms with van der Waals surface area (Å²) in [6.45, 7) is 4.08. The molecule has 1 saturated heterocycles. The van der Waals surface area contributed by atoms with Crippen LogP contribution < -0.4 is 0 Å². The van der Waals surface area contributed by atoms with Crippen molar-refractivity contribution in [3.8, 4) is 0 Å². The number of pyridine rings is 1. The van der Waals surface area contributed by atoms with Gasteiger partial charge in [-0.05, 0) is 32.8 Å². The van der Waals surface area contributed by atoms with Gasteiger partial charge in [0.15, 0.2) is 5.65 Å². The highest BCUT2D eigenvalue weighted by molar-refractivity contribution is 5.97. The lowest BCUT2D eigenvalue weighted by atomic mass is 9.93. The van der Waals surface area contributed by atoms with Gasteiger partial charge < -0.3 is 10.0 Å². The van der Waals surface area contributed by atoms with Gasteiger partial charge >= 0.3 is 5.97 Å². The highest BCUT2D eigenvalue weighted by Crippen LogP contribution is 2.25. The average Bonchev–Trinajstić information content (AvgIpc) is 2.81. The van der Waals surface area contributed by atoms with E-state index in [1.54, 1.807) is 21.8 Å². The van der Waals surface area contributed by atoms with Crippen LogP contribution in [-0.4, -0.2) is 49.2 Å². The number of aryl methyl sites for hydroxylation is 2. The standard InChI is InChI=1S/C16H20N4O3/c1-9-4-5-11(16(22)23)8-20(9)15(21)12-6-13-10(2)18-19(3)14(13)17-7-12/h6-7,9,11H,4-5,8H2,1-3H3,(H,22,23). The van der Waals surface area contributed by atoms with Crippen molar-refractivity contribution in [1.82, 2.24) is 19.7 Å². The van der Waals surface area contributed by atoms with E-state index < -0.39 is 11.9 Å². The number of piperidine rings is 1. The number of hydrogen-bond acceptors (Lipinski definition) is 4. The fourth-order valence-electron chi connectivity index (χ4n) is 3.18. The average molecular weight is 316 g/mol. The van der Waals surface area contributed by atoms with Crippen LogP contribution in [0.3, 0.4) is 0 Å². The van der Waals surface area contributed by atoms with E-state index in [2.05, 4.69) is 10.1 Å². The molecule has 2 atom stereocenters. The Morgan fingerprint density at radius 2 is 2.09 bits per heavy atom. The summed E-state index contributed by atoms with van der Waals surface area (Å²) >= 11 is 0. The minimum atomic E-state index is -0.841. The van der Waals surface area contributed by atoms with Crippen molar-refractivity contribution in [2.24, 2.45) is 13.0 Å². The minimum absolute atomic E-state index is 0.0313. The summed E-state index contributed by atoms with van der Waals surface area (Å²) in [5.41, 5.74) is 2.03. The summed E-state index contributed by atoms with van der Waals surface area (Å²) in [4.78, 5) is 30.0. The lowest BCUT2D eigenvalue weighted by Crippen LogP contribution is -2.47. The maximum Gasteiger partial charge on any atom is 0.308 e. The van der Waals surface area contributed by atoms with Crippen molar-refractivity contribution < 1.29 is 14.7 Å². The number of carboxylic acid groups (broad SMARTS) is 1. The molecule has 122 valence electrons. The van der Waals surface area contributed by atoms with Crippen molar-refractivity contribution in [2.75, 3.05) is 6.54 Å². The first-order valence-corrected chi connectivity index (χ1v) is 7.71. The van der Waals surface area contributed by atoms with Gasteiger partial charge in [-0.2, -0.15) is 5.10 Å². The summed E-state index contributed by atoms with van der Waals surface area (Å²) in [6, 6.07) is 1.83. The third kappa shape index (κ3) is 2.67. The molecule has 1 fully saturated rings. The second-order valence-corrected chi connectivity index (χ2v) is 6.22. The summed E-state index contributed by atoms with van der Waals surface area (Å²) in [6.07, 6.45) is 2.85. The Bertz CT molecular complexity index is 783. The van der Waals surface area contributed by atoms with Crippen molar-refractivity contribution in [1.29, 1.82) is 0 Å². The van der Waals surface area contributed by atoms with Gasteiger partial charge in [-0.15, -0.1) is 0 Å². The van der Waals surface area contributed by atoms with Gasteiger partial charge in [-0.1, -0.05) is 0 Å². The molecule has 0 saturated carbocycles. The third-order valence-electron chi connectivity index (χ3n) is 4.60. The molecule has 7 nitrogen and oxygen atoms in total. The molecule has 0 radical (unpaired) electrons. The zero-order valence-electron chi connectivity index (χ0n) is 13.5. The van der Waals surface area contributed by atoms with Crippen LogP contribution in [0.25, 0.3) is 11.0 Å². The first-order valence-electron chi connectivity index (χ1n) is 7.71. The van der Waals surface area contributed by atoms with Crippen molar-refractivity contribution in [3.63, 3.8) is 0 Å². The molecular formula is C16H20N4O3. The monoisotopic (exact) mass is 316 g/mol. The van der Waals surface area contributed by atoms with E-state index in [0.29, 0.717) is 18.4 Å². The quantitative estimate of drug-likeness (QED) is 0.909. The van der Waals surface area contributed by atoms with Crippen LogP contribution in [-0.2, 0) is 11.8 Å². The van der Waals surface area contributed by atoms with Crippen LogP contribution in [0.4, 0.5) is 0 Å². The van der Waals surface area contributed by atoms with E-state index in [9.17, 15) is 14.7 Å². The number of aliphatic carboxylic acids is 1. The number of carbonyl (C=O) groups excluding carboxylic acids is 1. The summed E-state index contributed by atoms with van der Waals surface area (Å²) in [5.74, 6) is -1.50. The number of amides is 1. The van der Waals surface area contributed by atoms with Crippen LogP contribution in [0.5, 0.6) is 0 Å². The second-order valence-electron chi connectivity index (χ2n) is 6.22. The van der Waals surface area contributed by atoms with Gasteiger partial charge in [0.2, 0.25) is 0 Å². The molecule has 2 unspecified atom stereocenters. The van der Waals surface area contributed by atoms with Crippen molar-refractivity contribution in [2.45, 2.75) is 32.7 Å². The number of aromatic nitrogens is 3. The van der Waals surface area contributed by atoms with E-state index in [4.69, 9.17) is 0 Å². The van der Waals surface area contributed by atoms with Crippen molar-refractivity contribution >= 4 is 22.9 Å². The molecule has 1 aliphatic heterocycles. The van der Waals surface area contributed by atoms with Gasteiger partial charge in [0.05, 0.1) is 17.2 Å². The maximum atomic E-state index is 12.8. The molecule has 1 amide bonds. The Morgan fingerprint density at radius 1 is 1.35 bits per heavy atom. The highest BCUT2D eigenvalue weighted by Gasteiger charge is 2.33. The van der Waals surface area contributed by atoms with E-state index in [1.165, 1.54) is 0 Å². The smallest absolute Gasteiger partial charge is 0.308 e. The Kier molecular flexibility index (Phi) is 3.79. The highest BCUT2D eigenvalue weighted by atomic mass is 16.4. The first-order chi connectivity index (χ1) is 10.9. The van der Waals surface area contributed by atoms with Crippen LogP contribution in [0, 0.1) is 12.8 Å². The third-order valence-corrected chi connectivity index (χ3v) is 4.60. The van der Waals surface area contributed by atoms with Gasteiger partial charge in [-0.25, -0.2) is 4.98 Å². The van der Waals surface area contributed by atoms with E-state index in [-0.39, 0.29) is 18.5 Å². The Balaban J connectivity index is 1.92. The summed E-state index contributed by atoms with van der Waals surface area (Å²) in [7, 11) is 1.81. The molecule has 3 rings (SSSR count). The molecular weight excluding hydrogens is 296 g/mol. The number of nitrogens with zero attached hydrogens (tertiary/aromatic N) is 4. The molecule has 2 aromatic heterocycles. The van der Waals surface area contributed by atoms with Crippen LogP contribution >= 0.6 is 0 Å². The lowest BCUT2D eigenvalue weighted by molar-refractivity contribution is -0.143. The predicted octanol–water partition coefficient (Wildman–Crippen LogP) is 1.60. The second kappa shape index (κ2) is 5.64. The summed E-state index contributed by atoms with van der Waals surface area (Å²) in [5, 5.41) is 14.4. The van der Waals surface area contributed by atoms with Crippen LogP contribution in [0.1, 0.15) is 35.8 Å². The largest absolute Gasteiger partial charge is 0.481 e. The van der Waals surface area contributed by atoms with Gasteiger partial charge in [-0.3, -0.25) is 14.3 Å². The lowest BCUT2D eigenvalue weighted by Gasteiger charge is -2.36. The molecule has 3 heterocycles. The number of fused-ring (bicyclic) bond motifs is 1. The number of rotatable bonds is 2. The van der Waals surface area contributed by atoms with E-state index >= 15 is 0 Å². The number of likely N-dealkylation sites (tertiary alicyclic amines) is 1. The molecule has 0 bridgehead atoms. The molecule has 1 aliphatic rings.